The van der Waals surface area contributed by atoms with Crippen LogP contribution in [0.2, 0.25) is 0 Å². The van der Waals surface area contributed by atoms with Gasteiger partial charge in [-0.05, 0) is 36.4 Å². The Hall–Kier alpha value is -3.42. The standard InChI is InChI=1S/C19H17FN2O5/c20-13-6-8-14(9-7-13)26-10-3-11-27-17(23)12-22-19(25)16-5-2-1-4-15(16)18(24)21-22/h1-2,4-9H,3,10-12H2,(H,21,24). The Morgan fingerprint density at radius 3 is 2.44 bits per heavy atom. The fourth-order valence-corrected chi connectivity index (χ4v) is 2.50. The van der Waals surface area contributed by atoms with Crippen molar-refractivity contribution in [2.45, 2.75) is 13.0 Å². The number of carbonyl (C=O) groups is 1. The minimum atomic E-state index is -0.648. The molecular weight excluding hydrogens is 355 g/mol. The minimum Gasteiger partial charge on any atom is -0.493 e. The number of hydrogen-bond donors (Lipinski definition) is 1. The van der Waals surface area contributed by atoms with Gasteiger partial charge in [-0.2, -0.15) is 0 Å². The molecule has 0 unspecified atom stereocenters. The predicted molar refractivity (Wildman–Crippen MR) is 96.3 cm³/mol. The van der Waals surface area contributed by atoms with Crippen molar-refractivity contribution < 1.29 is 18.7 Å². The predicted octanol–water partition coefficient (Wildman–Crippen LogP) is 1.84. The second kappa shape index (κ2) is 8.31. The zero-order valence-corrected chi connectivity index (χ0v) is 14.3. The highest BCUT2D eigenvalue weighted by atomic mass is 19.1. The van der Waals surface area contributed by atoms with E-state index >= 15 is 0 Å². The molecule has 0 aliphatic rings. The maximum Gasteiger partial charge on any atom is 0.327 e. The van der Waals surface area contributed by atoms with Gasteiger partial charge in [0.2, 0.25) is 0 Å². The van der Waals surface area contributed by atoms with Crippen molar-refractivity contribution in [3.63, 3.8) is 0 Å². The molecule has 0 saturated carbocycles. The maximum atomic E-state index is 12.8. The number of esters is 1. The first-order chi connectivity index (χ1) is 13.0. The monoisotopic (exact) mass is 372 g/mol. The van der Waals surface area contributed by atoms with Crippen molar-refractivity contribution in [2.24, 2.45) is 0 Å². The summed E-state index contributed by atoms with van der Waals surface area (Å²) in [5.41, 5.74) is -0.924. The molecule has 0 bridgehead atoms. The number of aromatic amines is 1. The molecule has 0 aliphatic carbocycles. The number of halogens is 1. The molecule has 0 saturated heterocycles. The molecular formula is C19H17FN2O5. The Morgan fingerprint density at radius 1 is 1.00 bits per heavy atom. The van der Waals surface area contributed by atoms with E-state index < -0.39 is 23.6 Å². The number of fused-ring (bicyclic) bond motifs is 1. The van der Waals surface area contributed by atoms with E-state index in [2.05, 4.69) is 5.10 Å². The number of hydrogen-bond acceptors (Lipinski definition) is 5. The van der Waals surface area contributed by atoms with Crippen LogP contribution >= 0.6 is 0 Å². The zero-order chi connectivity index (χ0) is 19.2. The van der Waals surface area contributed by atoms with Crippen molar-refractivity contribution >= 4 is 16.7 Å². The Kier molecular flexibility index (Phi) is 5.65. The average Bonchev–Trinajstić information content (AvgIpc) is 2.67. The van der Waals surface area contributed by atoms with E-state index in [-0.39, 0.29) is 29.8 Å². The fourth-order valence-electron chi connectivity index (χ4n) is 2.50. The van der Waals surface area contributed by atoms with Gasteiger partial charge in [0.05, 0.1) is 24.0 Å². The molecule has 140 valence electrons. The number of nitrogens with zero attached hydrogens (tertiary/aromatic N) is 1. The number of carbonyl (C=O) groups excluding carboxylic acids is 1. The van der Waals surface area contributed by atoms with E-state index in [1.807, 2.05) is 0 Å². The molecule has 8 heteroatoms. The van der Waals surface area contributed by atoms with Crippen LogP contribution in [0.3, 0.4) is 0 Å². The van der Waals surface area contributed by atoms with Gasteiger partial charge in [-0.25, -0.2) is 9.07 Å². The molecule has 1 aromatic heterocycles. The van der Waals surface area contributed by atoms with Crippen LogP contribution in [-0.2, 0) is 16.1 Å². The van der Waals surface area contributed by atoms with Crippen LogP contribution in [0.5, 0.6) is 5.75 Å². The molecule has 0 fully saturated rings. The minimum absolute atomic E-state index is 0.0899. The topological polar surface area (TPSA) is 90.4 Å². The first-order valence-electron chi connectivity index (χ1n) is 8.30. The molecule has 0 aliphatic heterocycles. The normalized spacial score (nSPS) is 10.7. The molecule has 3 aromatic rings. The summed E-state index contributed by atoms with van der Waals surface area (Å²) < 4.78 is 24.1. The lowest BCUT2D eigenvalue weighted by Crippen LogP contribution is -2.33. The van der Waals surface area contributed by atoms with E-state index in [1.165, 1.54) is 30.3 Å². The Labute approximate surface area is 152 Å². The van der Waals surface area contributed by atoms with Gasteiger partial charge < -0.3 is 9.47 Å². The molecule has 27 heavy (non-hydrogen) atoms. The molecule has 3 rings (SSSR count). The van der Waals surface area contributed by atoms with E-state index in [1.54, 1.807) is 18.2 Å². The van der Waals surface area contributed by atoms with Crippen LogP contribution < -0.4 is 15.9 Å². The molecule has 1 N–H and O–H groups in total. The molecule has 1 heterocycles. The summed E-state index contributed by atoms with van der Waals surface area (Å²) in [5.74, 6) is -0.480. The molecule has 2 aromatic carbocycles. The first kappa shape index (κ1) is 18.4. The quantitative estimate of drug-likeness (QED) is 0.505. The van der Waals surface area contributed by atoms with Gasteiger partial charge in [0.15, 0.2) is 0 Å². The number of nitrogens with one attached hydrogen (secondary N) is 1. The number of rotatable bonds is 7. The van der Waals surface area contributed by atoms with Gasteiger partial charge in [0, 0.05) is 6.42 Å². The van der Waals surface area contributed by atoms with Crippen LogP contribution in [0, 0.1) is 5.82 Å². The first-order valence-corrected chi connectivity index (χ1v) is 8.30. The lowest BCUT2D eigenvalue weighted by Gasteiger charge is -2.09. The maximum absolute atomic E-state index is 12.8. The van der Waals surface area contributed by atoms with Crippen LogP contribution in [-0.4, -0.2) is 29.0 Å². The van der Waals surface area contributed by atoms with Crippen molar-refractivity contribution in [1.82, 2.24) is 9.78 Å². The second-order valence-corrected chi connectivity index (χ2v) is 5.75. The summed E-state index contributed by atoms with van der Waals surface area (Å²) in [6.07, 6.45) is 0.423. The van der Waals surface area contributed by atoms with Crippen molar-refractivity contribution in [3.05, 3.63) is 75.1 Å². The fraction of sp³-hybridized carbons (Fsp3) is 0.211. The molecule has 0 amide bonds. The van der Waals surface area contributed by atoms with Gasteiger partial charge in [0.25, 0.3) is 11.1 Å². The van der Waals surface area contributed by atoms with E-state index in [9.17, 15) is 18.8 Å². The zero-order valence-electron chi connectivity index (χ0n) is 14.3. The summed E-state index contributed by atoms with van der Waals surface area (Å²) in [6.45, 7) is -0.0179. The van der Waals surface area contributed by atoms with E-state index in [4.69, 9.17) is 9.47 Å². The lowest BCUT2D eigenvalue weighted by molar-refractivity contribution is -0.144. The highest BCUT2D eigenvalue weighted by Gasteiger charge is 2.10. The van der Waals surface area contributed by atoms with Crippen LogP contribution in [0.25, 0.3) is 10.8 Å². The summed E-state index contributed by atoms with van der Waals surface area (Å²) >= 11 is 0. The molecule has 7 nitrogen and oxygen atoms in total. The van der Waals surface area contributed by atoms with Gasteiger partial charge in [0.1, 0.15) is 18.1 Å². The van der Waals surface area contributed by atoms with Gasteiger partial charge >= 0.3 is 5.97 Å². The smallest absolute Gasteiger partial charge is 0.327 e. The highest BCUT2D eigenvalue weighted by Crippen LogP contribution is 2.11. The Bertz CT molecular complexity index is 1060. The second-order valence-electron chi connectivity index (χ2n) is 5.75. The molecule has 0 atom stereocenters. The van der Waals surface area contributed by atoms with Crippen LogP contribution in [0.4, 0.5) is 4.39 Å². The highest BCUT2D eigenvalue weighted by molar-refractivity contribution is 5.80. The van der Waals surface area contributed by atoms with Gasteiger partial charge in [-0.1, -0.05) is 12.1 Å². The summed E-state index contributed by atoms with van der Waals surface area (Å²) in [4.78, 5) is 36.2. The Balaban J connectivity index is 1.50. The lowest BCUT2D eigenvalue weighted by atomic mass is 10.2. The van der Waals surface area contributed by atoms with Crippen LogP contribution in [0.15, 0.2) is 58.1 Å². The number of aromatic nitrogens is 2. The van der Waals surface area contributed by atoms with Gasteiger partial charge in [-0.3, -0.25) is 19.5 Å². The summed E-state index contributed by atoms with van der Waals surface area (Å²) in [7, 11) is 0. The third kappa shape index (κ3) is 4.60. The molecule has 0 spiro atoms. The van der Waals surface area contributed by atoms with E-state index in [0.29, 0.717) is 12.2 Å². The summed E-state index contributed by atoms with van der Waals surface area (Å²) in [5, 5.41) is 2.88. The average molecular weight is 372 g/mol. The Morgan fingerprint density at radius 2 is 1.70 bits per heavy atom. The SMILES string of the molecule is O=C(Cn1[nH]c(=O)c2ccccc2c1=O)OCCCOc1ccc(F)cc1. The third-order valence-electron chi connectivity index (χ3n) is 3.81. The third-order valence-corrected chi connectivity index (χ3v) is 3.81. The molecule has 0 radical (unpaired) electrons. The van der Waals surface area contributed by atoms with Gasteiger partial charge in [-0.15, -0.1) is 0 Å². The van der Waals surface area contributed by atoms with E-state index in [0.717, 1.165) is 4.68 Å². The number of benzene rings is 2. The van der Waals surface area contributed by atoms with Crippen molar-refractivity contribution in [2.75, 3.05) is 13.2 Å². The van der Waals surface area contributed by atoms with Crippen LogP contribution in [0.1, 0.15) is 6.42 Å². The summed E-state index contributed by atoms with van der Waals surface area (Å²) in [6, 6.07) is 12.0. The largest absolute Gasteiger partial charge is 0.493 e. The number of ether oxygens (including phenoxy) is 2. The van der Waals surface area contributed by atoms with Crippen molar-refractivity contribution in [1.29, 1.82) is 0 Å². The van der Waals surface area contributed by atoms with Crippen molar-refractivity contribution in [3.8, 4) is 5.75 Å². The number of H-pyrrole nitrogens is 1.